The molecule has 16 heavy (non-hydrogen) atoms. The van der Waals surface area contributed by atoms with Crippen LogP contribution >= 0.6 is 0 Å². The van der Waals surface area contributed by atoms with E-state index in [4.69, 9.17) is 0 Å². The lowest BCUT2D eigenvalue weighted by atomic mass is 10.0. The summed E-state index contributed by atoms with van der Waals surface area (Å²) in [6.45, 7) is 4.78. The van der Waals surface area contributed by atoms with Gasteiger partial charge in [-0.3, -0.25) is 4.79 Å². The standard InChI is InChI=1S/C10H18N2O3S/c1-7(16(2,14)15)10(13)12-5-8-3-11-4-9(8)6-12/h7-9,11H,3-6H2,1-2H3. The van der Waals surface area contributed by atoms with Gasteiger partial charge in [-0.25, -0.2) is 8.42 Å². The van der Waals surface area contributed by atoms with Crippen LogP contribution < -0.4 is 5.32 Å². The smallest absolute Gasteiger partial charge is 0.240 e. The van der Waals surface area contributed by atoms with Crippen molar-refractivity contribution in [1.82, 2.24) is 10.2 Å². The second-order valence-corrected chi connectivity index (χ2v) is 7.26. The van der Waals surface area contributed by atoms with E-state index >= 15 is 0 Å². The van der Waals surface area contributed by atoms with E-state index in [1.54, 1.807) is 4.90 Å². The number of sulfone groups is 1. The molecular formula is C10H18N2O3S. The summed E-state index contributed by atoms with van der Waals surface area (Å²) in [5.74, 6) is 0.781. The molecule has 6 heteroatoms. The minimum absolute atomic E-state index is 0.239. The predicted molar refractivity (Wildman–Crippen MR) is 60.7 cm³/mol. The highest BCUT2D eigenvalue weighted by atomic mass is 32.2. The van der Waals surface area contributed by atoms with Gasteiger partial charge in [-0.05, 0) is 18.8 Å². The molecule has 0 aliphatic carbocycles. The third-order valence-corrected chi connectivity index (χ3v) is 5.18. The molecule has 2 aliphatic heterocycles. The summed E-state index contributed by atoms with van der Waals surface area (Å²) in [5.41, 5.74) is 0. The molecule has 1 N–H and O–H groups in total. The molecule has 0 radical (unpaired) electrons. The number of carbonyl (C=O) groups is 1. The monoisotopic (exact) mass is 246 g/mol. The van der Waals surface area contributed by atoms with Crippen LogP contribution in [0.3, 0.4) is 0 Å². The molecule has 3 unspecified atom stereocenters. The topological polar surface area (TPSA) is 66.5 Å². The van der Waals surface area contributed by atoms with Gasteiger partial charge in [0.1, 0.15) is 5.25 Å². The van der Waals surface area contributed by atoms with E-state index in [0.29, 0.717) is 24.9 Å². The van der Waals surface area contributed by atoms with Gasteiger partial charge in [0.05, 0.1) is 0 Å². The zero-order valence-corrected chi connectivity index (χ0v) is 10.5. The summed E-state index contributed by atoms with van der Waals surface area (Å²) in [5, 5.41) is 2.38. The highest BCUT2D eigenvalue weighted by Gasteiger charge is 2.40. The van der Waals surface area contributed by atoms with Crippen molar-refractivity contribution in [2.75, 3.05) is 32.4 Å². The maximum absolute atomic E-state index is 11.9. The van der Waals surface area contributed by atoms with Crippen LogP contribution in [0, 0.1) is 11.8 Å². The van der Waals surface area contributed by atoms with Crippen molar-refractivity contribution in [2.45, 2.75) is 12.2 Å². The summed E-state index contributed by atoms with van der Waals surface area (Å²) in [4.78, 5) is 13.7. The van der Waals surface area contributed by atoms with Gasteiger partial charge >= 0.3 is 0 Å². The average Bonchev–Trinajstić information content (AvgIpc) is 2.72. The molecule has 0 bridgehead atoms. The Balaban J connectivity index is 2.02. The first-order chi connectivity index (χ1) is 7.39. The fourth-order valence-corrected chi connectivity index (χ4v) is 2.99. The van der Waals surface area contributed by atoms with E-state index in [1.165, 1.54) is 6.92 Å². The molecule has 0 aromatic rings. The summed E-state index contributed by atoms with van der Waals surface area (Å²) >= 11 is 0. The number of hydrogen-bond donors (Lipinski definition) is 1. The number of rotatable bonds is 2. The van der Waals surface area contributed by atoms with Crippen molar-refractivity contribution in [3.05, 3.63) is 0 Å². The van der Waals surface area contributed by atoms with E-state index < -0.39 is 15.1 Å². The van der Waals surface area contributed by atoms with E-state index in [-0.39, 0.29) is 5.91 Å². The summed E-state index contributed by atoms with van der Waals surface area (Å²) < 4.78 is 22.6. The molecule has 2 fully saturated rings. The molecule has 1 amide bonds. The Labute approximate surface area is 96.1 Å². The average molecular weight is 246 g/mol. The van der Waals surface area contributed by atoms with E-state index in [0.717, 1.165) is 19.3 Å². The predicted octanol–water partition coefficient (Wildman–Crippen LogP) is -0.903. The van der Waals surface area contributed by atoms with Gasteiger partial charge in [0, 0.05) is 32.4 Å². The van der Waals surface area contributed by atoms with Crippen LogP contribution in [-0.4, -0.2) is 56.9 Å². The van der Waals surface area contributed by atoms with E-state index in [2.05, 4.69) is 5.32 Å². The molecular weight excluding hydrogens is 228 g/mol. The van der Waals surface area contributed by atoms with Crippen molar-refractivity contribution in [3.8, 4) is 0 Å². The SMILES string of the molecule is CC(C(=O)N1CC2CNCC2C1)S(C)(=O)=O. The lowest BCUT2D eigenvalue weighted by Crippen LogP contribution is -2.41. The van der Waals surface area contributed by atoms with Gasteiger partial charge < -0.3 is 10.2 Å². The molecule has 92 valence electrons. The minimum Gasteiger partial charge on any atom is -0.341 e. The van der Waals surface area contributed by atoms with Crippen molar-refractivity contribution in [1.29, 1.82) is 0 Å². The Kier molecular flexibility index (Phi) is 2.96. The second-order valence-electron chi connectivity index (χ2n) is 4.89. The van der Waals surface area contributed by atoms with Crippen molar-refractivity contribution in [2.24, 2.45) is 11.8 Å². The first-order valence-corrected chi connectivity index (χ1v) is 7.53. The van der Waals surface area contributed by atoms with E-state index in [1.807, 2.05) is 0 Å². The maximum Gasteiger partial charge on any atom is 0.240 e. The van der Waals surface area contributed by atoms with Crippen molar-refractivity contribution < 1.29 is 13.2 Å². The molecule has 3 atom stereocenters. The van der Waals surface area contributed by atoms with Gasteiger partial charge in [0.2, 0.25) is 5.91 Å². The van der Waals surface area contributed by atoms with Gasteiger partial charge in [-0.2, -0.15) is 0 Å². The van der Waals surface area contributed by atoms with Crippen LogP contribution in [0.4, 0.5) is 0 Å². The number of amides is 1. The fourth-order valence-electron chi connectivity index (χ4n) is 2.48. The highest BCUT2D eigenvalue weighted by Crippen LogP contribution is 2.27. The van der Waals surface area contributed by atoms with Crippen LogP contribution in [0.5, 0.6) is 0 Å². The molecule has 5 nitrogen and oxygen atoms in total. The highest BCUT2D eigenvalue weighted by molar-refractivity contribution is 7.92. The second kappa shape index (κ2) is 4.00. The Morgan fingerprint density at radius 1 is 1.31 bits per heavy atom. The maximum atomic E-state index is 11.9. The first-order valence-electron chi connectivity index (χ1n) is 5.58. The van der Waals surface area contributed by atoms with Gasteiger partial charge in [0.25, 0.3) is 0 Å². The molecule has 0 saturated carbocycles. The number of hydrogen-bond acceptors (Lipinski definition) is 4. The third-order valence-electron chi connectivity index (χ3n) is 3.69. The van der Waals surface area contributed by atoms with Crippen LogP contribution in [0.25, 0.3) is 0 Å². The van der Waals surface area contributed by atoms with Gasteiger partial charge in [-0.1, -0.05) is 0 Å². The van der Waals surface area contributed by atoms with Gasteiger partial charge in [0.15, 0.2) is 9.84 Å². The Hall–Kier alpha value is -0.620. The van der Waals surface area contributed by atoms with Crippen LogP contribution in [0.1, 0.15) is 6.92 Å². The molecule has 2 heterocycles. The summed E-state index contributed by atoms with van der Waals surface area (Å²) in [6, 6.07) is 0. The lowest BCUT2D eigenvalue weighted by Gasteiger charge is -2.20. The van der Waals surface area contributed by atoms with E-state index in [9.17, 15) is 13.2 Å². The summed E-state index contributed by atoms with van der Waals surface area (Å²) in [6.07, 6.45) is 1.12. The van der Waals surface area contributed by atoms with Crippen LogP contribution in [0.2, 0.25) is 0 Å². The van der Waals surface area contributed by atoms with Crippen molar-refractivity contribution in [3.63, 3.8) is 0 Å². The molecule has 2 saturated heterocycles. The summed E-state index contributed by atoms with van der Waals surface area (Å²) in [7, 11) is -3.27. The Morgan fingerprint density at radius 3 is 2.25 bits per heavy atom. The first kappa shape index (κ1) is 11.9. The lowest BCUT2D eigenvalue weighted by molar-refractivity contribution is -0.129. The van der Waals surface area contributed by atoms with Crippen LogP contribution in [-0.2, 0) is 14.6 Å². The molecule has 0 spiro atoms. The number of fused-ring (bicyclic) bond motifs is 1. The van der Waals surface area contributed by atoms with Gasteiger partial charge in [-0.15, -0.1) is 0 Å². The number of likely N-dealkylation sites (tertiary alicyclic amines) is 1. The van der Waals surface area contributed by atoms with Crippen LogP contribution in [0.15, 0.2) is 0 Å². The largest absolute Gasteiger partial charge is 0.341 e. The molecule has 2 rings (SSSR count). The number of nitrogens with zero attached hydrogens (tertiary/aromatic N) is 1. The number of nitrogens with one attached hydrogen (secondary N) is 1. The minimum atomic E-state index is -3.27. The quantitative estimate of drug-likeness (QED) is 0.685. The zero-order valence-electron chi connectivity index (χ0n) is 9.64. The normalized spacial score (nSPS) is 31.5. The number of carbonyl (C=O) groups excluding carboxylic acids is 1. The Morgan fingerprint density at radius 2 is 1.81 bits per heavy atom. The third kappa shape index (κ3) is 2.08. The molecule has 2 aliphatic rings. The zero-order chi connectivity index (χ0) is 11.9. The Bertz CT molecular complexity index is 381. The molecule has 0 aromatic heterocycles. The van der Waals surface area contributed by atoms with Crippen molar-refractivity contribution >= 4 is 15.7 Å². The fraction of sp³-hybridized carbons (Fsp3) is 0.900. The molecule has 0 aromatic carbocycles.